The average Bonchev–Trinajstić information content (AvgIpc) is 2.91. The van der Waals surface area contributed by atoms with Crippen molar-refractivity contribution in [3.63, 3.8) is 0 Å². The highest BCUT2D eigenvalue weighted by Crippen LogP contribution is 2.24. The number of hydrogen-bond acceptors (Lipinski definition) is 4. The van der Waals surface area contributed by atoms with E-state index in [9.17, 15) is 10.1 Å². The van der Waals surface area contributed by atoms with Gasteiger partial charge in [0.05, 0.1) is 23.5 Å². The fourth-order valence-electron chi connectivity index (χ4n) is 2.23. The van der Waals surface area contributed by atoms with Crippen LogP contribution in [0.4, 0.5) is 0 Å². The number of carbonyl (C=O) groups excluding carboxylic acids is 1. The van der Waals surface area contributed by atoms with Crippen LogP contribution in [0.2, 0.25) is 0 Å². The van der Waals surface area contributed by atoms with E-state index < -0.39 is 5.91 Å². The van der Waals surface area contributed by atoms with Crippen molar-refractivity contribution in [3.05, 3.63) is 53.3 Å². The lowest BCUT2D eigenvalue weighted by atomic mass is 10.0. The number of aryl methyl sites for hydroxylation is 1. The summed E-state index contributed by atoms with van der Waals surface area (Å²) in [4.78, 5) is 15.9. The van der Waals surface area contributed by atoms with Crippen LogP contribution in [-0.4, -0.2) is 20.5 Å². The van der Waals surface area contributed by atoms with E-state index in [2.05, 4.69) is 16.2 Å². The highest BCUT2D eigenvalue weighted by atomic mass is 16.1. The third kappa shape index (κ3) is 2.01. The Hall–Kier alpha value is -3.20. The minimum atomic E-state index is -0.581. The van der Waals surface area contributed by atoms with Crippen LogP contribution in [0.1, 0.15) is 21.6 Å². The van der Waals surface area contributed by atoms with Crippen LogP contribution in [0, 0.1) is 18.3 Å². The molecule has 6 nitrogen and oxygen atoms in total. The number of benzene rings is 1. The summed E-state index contributed by atoms with van der Waals surface area (Å²) in [6, 6.07) is 11.1. The maximum absolute atomic E-state index is 11.4. The van der Waals surface area contributed by atoms with Gasteiger partial charge in [-0.2, -0.15) is 10.4 Å². The molecule has 3 aromatic rings. The van der Waals surface area contributed by atoms with Crippen molar-refractivity contribution in [2.24, 2.45) is 5.73 Å². The van der Waals surface area contributed by atoms with Crippen LogP contribution in [0.5, 0.6) is 0 Å². The highest BCUT2D eigenvalue weighted by molar-refractivity contribution is 5.98. The number of nitrogens with zero attached hydrogens (tertiary/aromatic N) is 4. The standard InChI is InChI=1S/C15H11N5O/c1-9-6-13(11-5-3-2-4-10(11)7-16)19-15-12(14(17)21)8-18-20(9)15/h2-6,8H,1H3,(H2,17,21). The fourth-order valence-corrected chi connectivity index (χ4v) is 2.23. The van der Waals surface area contributed by atoms with Crippen molar-refractivity contribution in [2.45, 2.75) is 6.92 Å². The van der Waals surface area contributed by atoms with Crippen molar-refractivity contribution in [1.82, 2.24) is 14.6 Å². The Bertz CT molecular complexity index is 904. The van der Waals surface area contributed by atoms with E-state index >= 15 is 0 Å². The number of nitrogens with two attached hydrogens (primary N) is 1. The van der Waals surface area contributed by atoms with Gasteiger partial charge in [-0.3, -0.25) is 4.79 Å². The molecule has 102 valence electrons. The number of fused-ring (bicyclic) bond motifs is 1. The SMILES string of the molecule is Cc1cc(-c2ccccc2C#N)nc2c(C(N)=O)cnn12. The molecule has 0 fully saturated rings. The predicted octanol–water partition coefficient (Wildman–Crippen LogP) is 1.68. The zero-order chi connectivity index (χ0) is 15.0. The monoisotopic (exact) mass is 277 g/mol. The average molecular weight is 277 g/mol. The van der Waals surface area contributed by atoms with Gasteiger partial charge in [0.2, 0.25) is 0 Å². The zero-order valence-corrected chi connectivity index (χ0v) is 11.2. The van der Waals surface area contributed by atoms with E-state index in [0.29, 0.717) is 22.5 Å². The van der Waals surface area contributed by atoms with Crippen molar-refractivity contribution in [1.29, 1.82) is 5.26 Å². The normalized spacial score (nSPS) is 10.5. The van der Waals surface area contributed by atoms with Crippen LogP contribution in [0.25, 0.3) is 16.9 Å². The summed E-state index contributed by atoms with van der Waals surface area (Å²) in [5.41, 5.74) is 8.63. The number of nitriles is 1. The van der Waals surface area contributed by atoms with Crippen LogP contribution >= 0.6 is 0 Å². The van der Waals surface area contributed by atoms with E-state index in [1.165, 1.54) is 6.20 Å². The lowest BCUT2D eigenvalue weighted by Crippen LogP contribution is -2.11. The summed E-state index contributed by atoms with van der Waals surface area (Å²) < 4.78 is 1.55. The van der Waals surface area contributed by atoms with E-state index in [1.54, 1.807) is 16.6 Å². The molecular formula is C15H11N5O. The minimum absolute atomic E-state index is 0.259. The molecule has 0 spiro atoms. The van der Waals surface area contributed by atoms with Crippen molar-refractivity contribution >= 4 is 11.6 Å². The third-order valence-electron chi connectivity index (χ3n) is 3.24. The summed E-state index contributed by atoms with van der Waals surface area (Å²) in [6.45, 7) is 1.85. The van der Waals surface area contributed by atoms with Crippen LogP contribution in [0.3, 0.4) is 0 Å². The number of amides is 1. The summed E-state index contributed by atoms with van der Waals surface area (Å²) >= 11 is 0. The topological polar surface area (TPSA) is 97.1 Å². The fraction of sp³-hybridized carbons (Fsp3) is 0.0667. The molecule has 0 radical (unpaired) electrons. The van der Waals surface area contributed by atoms with Gasteiger partial charge in [0, 0.05) is 11.3 Å². The Morgan fingerprint density at radius 3 is 2.86 bits per heavy atom. The summed E-state index contributed by atoms with van der Waals surface area (Å²) in [7, 11) is 0. The number of primary amides is 1. The Kier molecular flexibility index (Phi) is 2.88. The quantitative estimate of drug-likeness (QED) is 0.770. The molecule has 21 heavy (non-hydrogen) atoms. The first-order chi connectivity index (χ1) is 10.1. The lowest BCUT2D eigenvalue weighted by molar-refractivity contribution is 0.100. The number of hydrogen-bond donors (Lipinski definition) is 1. The second kappa shape index (κ2) is 4.72. The first kappa shape index (κ1) is 12.8. The van der Waals surface area contributed by atoms with Gasteiger partial charge in [-0.1, -0.05) is 18.2 Å². The van der Waals surface area contributed by atoms with Gasteiger partial charge in [0.1, 0.15) is 5.56 Å². The van der Waals surface area contributed by atoms with E-state index in [-0.39, 0.29) is 5.56 Å². The van der Waals surface area contributed by atoms with Crippen LogP contribution in [0.15, 0.2) is 36.5 Å². The van der Waals surface area contributed by atoms with Crippen LogP contribution < -0.4 is 5.73 Å². The first-order valence-corrected chi connectivity index (χ1v) is 6.26. The molecular weight excluding hydrogens is 266 g/mol. The molecule has 0 atom stereocenters. The maximum Gasteiger partial charge on any atom is 0.254 e. The molecule has 0 saturated heterocycles. The maximum atomic E-state index is 11.4. The van der Waals surface area contributed by atoms with Gasteiger partial charge >= 0.3 is 0 Å². The largest absolute Gasteiger partial charge is 0.365 e. The van der Waals surface area contributed by atoms with Gasteiger partial charge in [-0.05, 0) is 19.1 Å². The Labute approximate surface area is 120 Å². The second-order valence-electron chi connectivity index (χ2n) is 4.60. The lowest BCUT2D eigenvalue weighted by Gasteiger charge is -2.06. The van der Waals surface area contributed by atoms with Gasteiger partial charge in [-0.25, -0.2) is 9.50 Å². The molecule has 2 N–H and O–H groups in total. The highest BCUT2D eigenvalue weighted by Gasteiger charge is 2.15. The molecule has 0 unspecified atom stereocenters. The molecule has 6 heteroatoms. The molecule has 2 heterocycles. The van der Waals surface area contributed by atoms with Crippen molar-refractivity contribution in [3.8, 4) is 17.3 Å². The van der Waals surface area contributed by atoms with Gasteiger partial charge in [-0.15, -0.1) is 0 Å². The molecule has 0 aliphatic heterocycles. The molecule has 0 aliphatic rings. The summed E-state index contributed by atoms with van der Waals surface area (Å²) in [5.74, 6) is -0.581. The number of carbonyl (C=O) groups is 1. The molecule has 0 bridgehead atoms. The molecule has 2 aromatic heterocycles. The molecule has 1 amide bonds. The van der Waals surface area contributed by atoms with Gasteiger partial charge < -0.3 is 5.73 Å². The minimum Gasteiger partial charge on any atom is -0.365 e. The molecule has 0 saturated carbocycles. The Morgan fingerprint density at radius 2 is 2.14 bits per heavy atom. The molecule has 0 aliphatic carbocycles. The Morgan fingerprint density at radius 1 is 1.38 bits per heavy atom. The van der Waals surface area contributed by atoms with Crippen molar-refractivity contribution in [2.75, 3.05) is 0 Å². The third-order valence-corrected chi connectivity index (χ3v) is 3.24. The van der Waals surface area contributed by atoms with E-state index in [4.69, 9.17) is 5.73 Å². The summed E-state index contributed by atoms with van der Waals surface area (Å²) in [6.07, 6.45) is 1.40. The van der Waals surface area contributed by atoms with Gasteiger partial charge in [0.15, 0.2) is 5.65 Å². The second-order valence-corrected chi connectivity index (χ2v) is 4.60. The number of aromatic nitrogens is 3. The summed E-state index contributed by atoms with van der Waals surface area (Å²) in [5, 5.41) is 13.3. The Balaban J connectivity index is 2.32. The van der Waals surface area contributed by atoms with Gasteiger partial charge in [0.25, 0.3) is 5.91 Å². The number of rotatable bonds is 2. The first-order valence-electron chi connectivity index (χ1n) is 6.26. The predicted molar refractivity (Wildman–Crippen MR) is 76.4 cm³/mol. The zero-order valence-electron chi connectivity index (χ0n) is 11.2. The van der Waals surface area contributed by atoms with E-state index in [1.807, 2.05) is 25.1 Å². The molecule has 1 aromatic carbocycles. The smallest absolute Gasteiger partial charge is 0.254 e. The van der Waals surface area contributed by atoms with Crippen molar-refractivity contribution < 1.29 is 4.79 Å². The van der Waals surface area contributed by atoms with Crippen LogP contribution in [-0.2, 0) is 0 Å². The molecule has 3 rings (SSSR count). The van der Waals surface area contributed by atoms with E-state index in [0.717, 1.165) is 5.69 Å².